The number of carbonyl (C=O) groups excluding carboxylic acids is 1. The number of nitrogens with zero attached hydrogens (tertiary/aromatic N) is 1. The van der Waals surface area contributed by atoms with E-state index in [1.54, 1.807) is 11.3 Å². The third-order valence-corrected chi connectivity index (χ3v) is 5.03. The Hall–Kier alpha value is -1.14. The van der Waals surface area contributed by atoms with Gasteiger partial charge in [-0.25, -0.2) is 0 Å². The molecule has 0 unspecified atom stereocenters. The molecule has 126 valence electrons. The van der Waals surface area contributed by atoms with Crippen molar-refractivity contribution in [2.75, 3.05) is 26.2 Å². The highest BCUT2D eigenvalue weighted by Crippen LogP contribution is 2.23. The van der Waals surface area contributed by atoms with Gasteiger partial charge in [-0.05, 0) is 60.8 Å². The first-order valence-electron chi connectivity index (χ1n) is 7.86. The maximum Gasteiger partial charge on any atom is 0.253 e. The molecule has 0 bridgehead atoms. The lowest BCUT2D eigenvalue weighted by molar-refractivity contribution is 0.00845. The molecule has 2 heterocycles. The van der Waals surface area contributed by atoms with Gasteiger partial charge in [0, 0.05) is 30.0 Å². The third kappa shape index (κ3) is 4.44. The van der Waals surface area contributed by atoms with Gasteiger partial charge in [0.05, 0.1) is 6.10 Å². The van der Waals surface area contributed by atoms with E-state index in [1.165, 1.54) is 4.70 Å². The lowest BCUT2D eigenvalue weighted by Gasteiger charge is -2.32. The van der Waals surface area contributed by atoms with Crippen LogP contribution in [0.3, 0.4) is 0 Å². The van der Waals surface area contributed by atoms with Crippen LogP contribution < -0.4 is 5.73 Å². The van der Waals surface area contributed by atoms with E-state index in [9.17, 15) is 4.79 Å². The Balaban J connectivity index is 0.00000192. The van der Waals surface area contributed by atoms with Gasteiger partial charge < -0.3 is 15.4 Å². The quantitative estimate of drug-likeness (QED) is 0.838. The molecule has 0 radical (unpaired) electrons. The van der Waals surface area contributed by atoms with Crippen LogP contribution in [0, 0.1) is 0 Å². The molecule has 1 aromatic heterocycles. The molecule has 23 heavy (non-hydrogen) atoms. The number of hydrogen-bond donors (Lipinski definition) is 1. The smallest absolute Gasteiger partial charge is 0.253 e. The molecule has 4 nitrogen and oxygen atoms in total. The second-order valence-electron chi connectivity index (χ2n) is 5.68. The first-order valence-corrected chi connectivity index (χ1v) is 8.74. The van der Waals surface area contributed by atoms with Crippen LogP contribution in [0.15, 0.2) is 29.6 Å². The van der Waals surface area contributed by atoms with Crippen LogP contribution in [-0.2, 0) is 4.74 Å². The number of rotatable bonds is 5. The van der Waals surface area contributed by atoms with Crippen molar-refractivity contribution in [3.05, 3.63) is 35.2 Å². The summed E-state index contributed by atoms with van der Waals surface area (Å²) in [5.74, 6) is 0.133. The molecule has 0 saturated carbocycles. The molecule has 1 aromatic carbocycles. The maximum atomic E-state index is 12.6. The van der Waals surface area contributed by atoms with Gasteiger partial charge in [-0.3, -0.25) is 4.79 Å². The highest BCUT2D eigenvalue weighted by Gasteiger charge is 2.24. The van der Waals surface area contributed by atoms with Crippen molar-refractivity contribution in [1.29, 1.82) is 0 Å². The Morgan fingerprint density at radius 3 is 2.83 bits per heavy atom. The molecule has 1 amide bonds. The van der Waals surface area contributed by atoms with E-state index in [2.05, 4.69) is 11.4 Å². The maximum absolute atomic E-state index is 12.6. The standard InChI is InChI=1S/C17H22N2O2S.ClH/c18-7-1-10-21-15-4-8-19(9-5-15)17(20)14-2-3-16-13(12-14)6-11-22-16;/h2-3,6,11-12,15H,1,4-5,7-10,18H2;1H. The van der Waals surface area contributed by atoms with Gasteiger partial charge in [-0.15, -0.1) is 23.7 Å². The van der Waals surface area contributed by atoms with Crippen LogP contribution in [0.2, 0.25) is 0 Å². The van der Waals surface area contributed by atoms with Gasteiger partial charge in [0.1, 0.15) is 0 Å². The molecule has 1 fully saturated rings. The molecule has 0 atom stereocenters. The van der Waals surface area contributed by atoms with Crippen molar-refractivity contribution in [3.63, 3.8) is 0 Å². The lowest BCUT2D eigenvalue weighted by Crippen LogP contribution is -2.41. The average molecular weight is 355 g/mol. The predicted molar refractivity (Wildman–Crippen MR) is 97.6 cm³/mol. The number of ether oxygens (including phenoxy) is 1. The summed E-state index contributed by atoms with van der Waals surface area (Å²) in [6.07, 6.45) is 3.00. The molecular weight excluding hydrogens is 332 g/mol. The minimum Gasteiger partial charge on any atom is -0.378 e. The van der Waals surface area contributed by atoms with Crippen LogP contribution in [0.4, 0.5) is 0 Å². The highest BCUT2D eigenvalue weighted by atomic mass is 35.5. The number of hydrogen-bond acceptors (Lipinski definition) is 4. The number of halogens is 1. The first kappa shape index (κ1) is 18.2. The van der Waals surface area contributed by atoms with Crippen molar-refractivity contribution in [1.82, 2.24) is 4.90 Å². The summed E-state index contributed by atoms with van der Waals surface area (Å²) in [6.45, 7) is 2.94. The second kappa shape index (κ2) is 8.64. The van der Waals surface area contributed by atoms with Crippen molar-refractivity contribution >= 4 is 39.7 Å². The van der Waals surface area contributed by atoms with Gasteiger partial charge in [-0.1, -0.05) is 0 Å². The normalized spacial score (nSPS) is 15.6. The number of amides is 1. The molecule has 0 spiro atoms. The fourth-order valence-electron chi connectivity index (χ4n) is 2.84. The van der Waals surface area contributed by atoms with Gasteiger partial charge in [0.15, 0.2) is 0 Å². The number of nitrogens with two attached hydrogens (primary N) is 1. The molecule has 6 heteroatoms. The summed E-state index contributed by atoms with van der Waals surface area (Å²) in [4.78, 5) is 14.5. The molecule has 2 aromatic rings. The highest BCUT2D eigenvalue weighted by molar-refractivity contribution is 7.17. The van der Waals surface area contributed by atoms with Crippen LogP contribution in [0.1, 0.15) is 29.6 Å². The topological polar surface area (TPSA) is 55.6 Å². The van der Waals surface area contributed by atoms with Crippen LogP contribution in [0.5, 0.6) is 0 Å². The van der Waals surface area contributed by atoms with E-state index < -0.39 is 0 Å². The molecule has 1 aliphatic rings. The van der Waals surface area contributed by atoms with E-state index in [0.717, 1.165) is 49.9 Å². The number of carbonyl (C=O) groups is 1. The molecular formula is C17H23ClN2O2S. The summed E-state index contributed by atoms with van der Waals surface area (Å²) in [7, 11) is 0. The SMILES string of the molecule is Cl.NCCCOC1CCN(C(=O)c2ccc3sccc3c2)CC1. The minimum absolute atomic E-state index is 0. The fourth-order valence-corrected chi connectivity index (χ4v) is 3.61. The Morgan fingerprint density at radius 1 is 1.30 bits per heavy atom. The Kier molecular flexibility index (Phi) is 6.84. The van der Waals surface area contributed by atoms with Crippen molar-refractivity contribution < 1.29 is 9.53 Å². The van der Waals surface area contributed by atoms with E-state index >= 15 is 0 Å². The van der Waals surface area contributed by atoms with Gasteiger partial charge >= 0.3 is 0 Å². The largest absolute Gasteiger partial charge is 0.378 e. The van der Waals surface area contributed by atoms with Gasteiger partial charge in [0.25, 0.3) is 5.91 Å². The van der Waals surface area contributed by atoms with Crippen LogP contribution in [0.25, 0.3) is 10.1 Å². The van der Waals surface area contributed by atoms with E-state index in [0.29, 0.717) is 6.54 Å². The van der Waals surface area contributed by atoms with E-state index in [-0.39, 0.29) is 24.4 Å². The lowest BCUT2D eigenvalue weighted by atomic mass is 10.1. The Morgan fingerprint density at radius 2 is 2.09 bits per heavy atom. The van der Waals surface area contributed by atoms with Crippen molar-refractivity contribution in [3.8, 4) is 0 Å². The fraction of sp³-hybridized carbons (Fsp3) is 0.471. The molecule has 0 aliphatic carbocycles. The van der Waals surface area contributed by atoms with Crippen LogP contribution >= 0.6 is 23.7 Å². The van der Waals surface area contributed by atoms with Gasteiger partial charge in [-0.2, -0.15) is 0 Å². The Bertz CT molecular complexity index is 638. The third-order valence-electron chi connectivity index (χ3n) is 4.13. The number of fused-ring (bicyclic) bond motifs is 1. The molecule has 2 N–H and O–H groups in total. The molecule has 1 aliphatic heterocycles. The summed E-state index contributed by atoms with van der Waals surface area (Å²) in [6, 6.07) is 8.03. The van der Waals surface area contributed by atoms with E-state index in [4.69, 9.17) is 10.5 Å². The van der Waals surface area contributed by atoms with Gasteiger partial charge in [0.2, 0.25) is 0 Å². The molecule has 3 rings (SSSR count). The zero-order valence-electron chi connectivity index (χ0n) is 13.1. The summed E-state index contributed by atoms with van der Waals surface area (Å²) in [5, 5.41) is 3.21. The number of thiophene rings is 1. The zero-order valence-corrected chi connectivity index (χ0v) is 14.7. The summed E-state index contributed by atoms with van der Waals surface area (Å²) < 4.78 is 7.01. The number of piperidine rings is 1. The number of benzene rings is 1. The monoisotopic (exact) mass is 354 g/mol. The van der Waals surface area contributed by atoms with Crippen molar-refractivity contribution in [2.24, 2.45) is 5.73 Å². The Labute approximate surface area is 147 Å². The average Bonchev–Trinajstić information content (AvgIpc) is 3.02. The summed E-state index contributed by atoms with van der Waals surface area (Å²) >= 11 is 1.70. The number of likely N-dealkylation sites (tertiary alicyclic amines) is 1. The molecule has 1 saturated heterocycles. The van der Waals surface area contributed by atoms with Crippen LogP contribution in [-0.4, -0.2) is 43.2 Å². The minimum atomic E-state index is 0. The predicted octanol–water partition coefficient (Wildman–Crippen LogP) is 3.29. The van der Waals surface area contributed by atoms with Crippen molar-refractivity contribution in [2.45, 2.75) is 25.4 Å². The zero-order chi connectivity index (χ0) is 15.4. The second-order valence-corrected chi connectivity index (χ2v) is 6.63. The van der Waals surface area contributed by atoms with E-state index in [1.807, 2.05) is 23.1 Å². The first-order chi connectivity index (χ1) is 10.8. The summed E-state index contributed by atoms with van der Waals surface area (Å²) in [5.41, 5.74) is 6.26.